The van der Waals surface area contributed by atoms with Crippen molar-refractivity contribution >= 4 is 51.9 Å². The van der Waals surface area contributed by atoms with Crippen LogP contribution in [0.1, 0.15) is 0 Å². The fourth-order valence-electron chi connectivity index (χ4n) is 2.68. The number of rotatable bonds is 4. The van der Waals surface area contributed by atoms with Crippen molar-refractivity contribution in [1.82, 2.24) is 4.98 Å². The van der Waals surface area contributed by atoms with Crippen LogP contribution in [-0.2, 0) is 0 Å². The molecule has 7 heteroatoms. The first kappa shape index (κ1) is 19.5. The number of benzene rings is 3. The SMILES string of the molecule is O=C(Nc1ccc(Cl)cc1)Nc1ccc(-c2csc(-c3ccc(Cl)cc3)n2)cc1. The van der Waals surface area contributed by atoms with Gasteiger partial charge in [0.2, 0.25) is 0 Å². The van der Waals surface area contributed by atoms with Crippen molar-refractivity contribution in [2.24, 2.45) is 0 Å². The van der Waals surface area contributed by atoms with Crippen LogP contribution >= 0.6 is 34.5 Å². The first-order valence-corrected chi connectivity index (χ1v) is 10.4. The Labute approximate surface area is 182 Å². The molecule has 2 amide bonds. The molecule has 29 heavy (non-hydrogen) atoms. The molecule has 0 fully saturated rings. The Morgan fingerprint density at radius 2 is 1.21 bits per heavy atom. The van der Waals surface area contributed by atoms with Crippen molar-refractivity contribution in [1.29, 1.82) is 0 Å². The number of aromatic nitrogens is 1. The van der Waals surface area contributed by atoms with E-state index in [-0.39, 0.29) is 6.03 Å². The van der Waals surface area contributed by atoms with Gasteiger partial charge in [-0.3, -0.25) is 0 Å². The number of nitrogens with zero attached hydrogens (tertiary/aromatic N) is 1. The Kier molecular flexibility index (Phi) is 5.81. The summed E-state index contributed by atoms with van der Waals surface area (Å²) >= 11 is 13.4. The highest BCUT2D eigenvalue weighted by Gasteiger charge is 2.08. The quantitative estimate of drug-likeness (QED) is 0.347. The van der Waals surface area contributed by atoms with Crippen LogP contribution in [0.15, 0.2) is 78.2 Å². The van der Waals surface area contributed by atoms with E-state index in [1.54, 1.807) is 35.6 Å². The average Bonchev–Trinajstić information content (AvgIpc) is 3.21. The van der Waals surface area contributed by atoms with Crippen molar-refractivity contribution in [3.05, 3.63) is 88.2 Å². The highest BCUT2D eigenvalue weighted by molar-refractivity contribution is 7.13. The third-order valence-electron chi connectivity index (χ3n) is 4.14. The predicted molar refractivity (Wildman–Crippen MR) is 122 cm³/mol. The molecule has 0 aliphatic rings. The number of anilines is 2. The van der Waals surface area contributed by atoms with E-state index in [1.165, 1.54) is 0 Å². The topological polar surface area (TPSA) is 54.0 Å². The summed E-state index contributed by atoms with van der Waals surface area (Å²) in [5, 5.41) is 9.83. The van der Waals surface area contributed by atoms with E-state index in [9.17, 15) is 4.79 Å². The van der Waals surface area contributed by atoms with Gasteiger partial charge in [0, 0.05) is 37.9 Å². The normalized spacial score (nSPS) is 10.6. The fraction of sp³-hybridized carbons (Fsp3) is 0. The van der Waals surface area contributed by atoms with E-state index in [0.717, 1.165) is 21.8 Å². The van der Waals surface area contributed by atoms with Gasteiger partial charge in [-0.05, 0) is 48.5 Å². The Morgan fingerprint density at radius 1 is 0.724 bits per heavy atom. The number of carbonyl (C=O) groups excluding carboxylic acids is 1. The van der Waals surface area contributed by atoms with Crippen LogP contribution in [0.4, 0.5) is 16.2 Å². The second-order valence-electron chi connectivity index (χ2n) is 6.21. The first-order chi connectivity index (χ1) is 14.1. The molecule has 0 saturated heterocycles. The maximum absolute atomic E-state index is 12.1. The third-order valence-corrected chi connectivity index (χ3v) is 5.53. The van der Waals surface area contributed by atoms with Gasteiger partial charge in [0.25, 0.3) is 0 Å². The van der Waals surface area contributed by atoms with Crippen molar-refractivity contribution in [2.75, 3.05) is 10.6 Å². The molecule has 0 saturated carbocycles. The Hall–Kier alpha value is -2.86. The average molecular weight is 440 g/mol. The number of halogens is 2. The highest BCUT2D eigenvalue weighted by Crippen LogP contribution is 2.30. The largest absolute Gasteiger partial charge is 0.323 e. The Balaban J connectivity index is 1.42. The van der Waals surface area contributed by atoms with Crippen LogP contribution in [0, 0.1) is 0 Å². The molecule has 0 bridgehead atoms. The van der Waals surface area contributed by atoms with Gasteiger partial charge in [-0.1, -0.05) is 47.5 Å². The molecule has 0 aliphatic heterocycles. The van der Waals surface area contributed by atoms with Gasteiger partial charge in [-0.25, -0.2) is 9.78 Å². The molecule has 1 heterocycles. The minimum atomic E-state index is -0.321. The van der Waals surface area contributed by atoms with E-state index < -0.39 is 0 Å². The van der Waals surface area contributed by atoms with Gasteiger partial charge in [-0.2, -0.15) is 0 Å². The molecule has 4 nitrogen and oxygen atoms in total. The fourth-order valence-corrected chi connectivity index (χ4v) is 3.77. The smallest absolute Gasteiger partial charge is 0.308 e. The zero-order valence-electron chi connectivity index (χ0n) is 15.0. The number of urea groups is 1. The lowest BCUT2D eigenvalue weighted by Gasteiger charge is -2.08. The Morgan fingerprint density at radius 3 is 1.79 bits per heavy atom. The van der Waals surface area contributed by atoms with Crippen LogP contribution in [-0.4, -0.2) is 11.0 Å². The maximum atomic E-state index is 12.1. The summed E-state index contributed by atoms with van der Waals surface area (Å²) in [5.41, 5.74) is 4.25. The lowest BCUT2D eigenvalue weighted by Crippen LogP contribution is -2.19. The van der Waals surface area contributed by atoms with Gasteiger partial charge in [-0.15, -0.1) is 11.3 Å². The number of hydrogen-bond acceptors (Lipinski definition) is 3. The van der Waals surface area contributed by atoms with Crippen molar-refractivity contribution in [3.8, 4) is 21.8 Å². The minimum Gasteiger partial charge on any atom is -0.308 e. The Bertz CT molecular complexity index is 1120. The highest BCUT2D eigenvalue weighted by atomic mass is 35.5. The predicted octanol–water partition coefficient (Wildman–Crippen LogP) is 7.43. The number of hydrogen-bond donors (Lipinski definition) is 2. The summed E-state index contributed by atoms with van der Waals surface area (Å²) in [6, 6.07) is 21.8. The zero-order valence-corrected chi connectivity index (χ0v) is 17.4. The summed E-state index contributed by atoms with van der Waals surface area (Å²) in [6.45, 7) is 0. The van der Waals surface area contributed by atoms with Crippen molar-refractivity contribution in [2.45, 2.75) is 0 Å². The molecule has 0 aliphatic carbocycles. The molecule has 0 spiro atoms. The number of nitrogens with one attached hydrogen (secondary N) is 2. The third kappa shape index (κ3) is 4.95. The first-order valence-electron chi connectivity index (χ1n) is 8.72. The maximum Gasteiger partial charge on any atom is 0.323 e. The zero-order chi connectivity index (χ0) is 20.2. The van der Waals surface area contributed by atoms with Gasteiger partial charge < -0.3 is 10.6 Å². The van der Waals surface area contributed by atoms with Gasteiger partial charge in [0.05, 0.1) is 5.69 Å². The van der Waals surface area contributed by atoms with Crippen LogP contribution in [0.25, 0.3) is 21.8 Å². The number of thiazole rings is 1. The van der Waals surface area contributed by atoms with Crippen molar-refractivity contribution < 1.29 is 4.79 Å². The van der Waals surface area contributed by atoms with Crippen LogP contribution in [0.3, 0.4) is 0 Å². The molecular formula is C22H15Cl2N3OS. The minimum absolute atomic E-state index is 0.321. The molecule has 3 aromatic carbocycles. The second kappa shape index (κ2) is 8.66. The van der Waals surface area contributed by atoms with Gasteiger partial charge in [0.1, 0.15) is 5.01 Å². The van der Waals surface area contributed by atoms with Crippen LogP contribution in [0.5, 0.6) is 0 Å². The summed E-state index contributed by atoms with van der Waals surface area (Å²) < 4.78 is 0. The lowest BCUT2D eigenvalue weighted by molar-refractivity contribution is 0.262. The molecule has 4 aromatic rings. The van der Waals surface area contributed by atoms with E-state index in [0.29, 0.717) is 21.4 Å². The lowest BCUT2D eigenvalue weighted by atomic mass is 10.1. The van der Waals surface area contributed by atoms with Crippen molar-refractivity contribution in [3.63, 3.8) is 0 Å². The standard InChI is InChI=1S/C22H15Cl2N3OS/c23-16-5-1-15(2-6-16)21-27-20(13-29-21)14-3-9-18(10-4-14)25-22(28)26-19-11-7-17(24)8-12-19/h1-13H,(H2,25,26,28). The molecule has 144 valence electrons. The van der Waals surface area contributed by atoms with Crippen LogP contribution in [0.2, 0.25) is 10.0 Å². The molecule has 2 N–H and O–H groups in total. The molecule has 1 aromatic heterocycles. The summed E-state index contributed by atoms with van der Waals surface area (Å²) in [5.74, 6) is 0. The van der Waals surface area contributed by atoms with E-state index >= 15 is 0 Å². The van der Waals surface area contributed by atoms with Gasteiger partial charge >= 0.3 is 6.03 Å². The molecular weight excluding hydrogens is 425 g/mol. The molecule has 0 radical (unpaired) electrons. The summed E-state index contributed by atoms with van der Waals surface area (Å²) in [4.78, 5) is 16.8. The van der Waals surface area contributed by atoms with Gasteiger partial charge in [0.15, 0.2) is 0 Å². The molecule has 0 unspecified atom stereocenters. The van der Waals surface area contributed by atoms with E-state index in [4.69, 9.17) is 28.2 Å². The summed E-state index contributed by atoms with van der Waals surface area (Å²) in [6.07, 6.45) is 0. The molecule has 4 rings (SSSR count). The van der Waals surface area contributed by atoms with E-state index in [1.807, 2.05) is 53.9 Å². The number of amides is 2. The second-order valence-corrected chi connectivity index (χ2v) is 7.94. The monoisotopic (exact) mass is 439 g/mol. The summed E-state index contributed by atoms with van der Waals surface area (Å²) in [7, 11) is 0. The van der Waals surface area contributed by atoms with Crippen LogP contribution < -0.4 is 10.6 Å². The molecule has 0 atom stereocenters. The van der Waals surface area contributed by atoms with E-state index in [2.05, 4.69) is 10.6 Å². The number of carbonyl (C=O) groups is 1.